The zero-order valence-corrected chi connectivity index (χ0v) is 9.21. The molecule has 0 aromatic carbocycles. The van der Waals surface area contributed by atoms with Crippen molar-refractivity contribution in [3.63, 3.8) is 0 Å². The van der Waals surface area contributed by atoms with Crippen LogP contribution in [-0.2, 0) is 0 Å². The smallest absolute Gasteiger partial charge is 0.150 e. The van der Waals surface area contributed by atoms with Gasteiger partial charge in [-0.05, 0) is 13.6 Å². The van der Waals surface area contributed by atoms with Crippen LogP contribution in [0.4, 0.5) is 0 Å². The van der Waals surface area contributed by atoms with Crippen LogP contribution in [0, 0.1) is 5.41 Å². The van der Waals surface area contributed by atoms with Gasteiger partial charge in [-0.25, -0.2) is 4.99 Å². The lowest BCUT2D eigenvalue weighted by Gasteiger charge is -1.94. The van der Waals surface area contributed by atoms with Crippen LogP contribution in [0.25, 0.3) is 0 Å². The van der Waals surface area contributed by atoms with Gasteiger partial charge >= 0.3 is 0 Å². The highest BCUT2D eigenvalue weighted by Crippen LogP contribution is 2.00. The first-order valence-electron chi connectivity index (χ1n) is 3.87. The fourth-order valence-corrected chi connectivity index (χ4v) is 0.908. The van der Waals surface area contributed by atoms with Gasteiger partial charge in [-0.1, -0.05) is 46.3 Å². The lowest BCUT2D eigenvalue weighted by Crippen LogP contribution is -1.92. The SMILES string of the molecule is C=NC(=N)C(/C=C\C=C\CBr)=C/C. The number of rotatable bonds is 4. The monoisotopic (exact) mass is 240 g/mol. The second kappa shape index (κ2) is 7.68. The summed E-state index contributed by atoms with van der Waals surface area (Å²) >= 11 is 3.27. The topological polar surface area (TPSA) is 36.2 Å². The quantitative estimate of drug-likeness (QED) is 0.340. The molecule has 0 atom stereocenters. The molecule has 0 bridgehead atoms. The summed E-state index contributed by atoms with van der Waals surface area (Å²) in [6.45, 7) is 5.17. The zero-order valence-electron chi connectivity index (χ0n) is 7.63. The molecule has 3 heteroatoms. The minimum Gasteiger partial charge on any atom is -0.282 e. The van der Waals surface area contributed by atoms with Gasteiger partial charge in [0.05, 0.1) is 0 Å². The largest absolute Gasteiger partial charge is 0.282 e. The third-order valence-electron chi connectivity index (χ3n) is 1.35. The summed E-state index contributed by atoms with van der Waals surface area (Å²) in [6.07, 6.45) is 9.41. The summed E-state index contributed by atoms with van der Waals surface area (Å²) < 4.78 is 0. The van der Waals surface area contributed by atoms with Gasteiger partial charge in [0.25, 0.3) is 0 Å². The van der Waals surface area contributed by atoms with E-state index in [9.17, 15) is 0 Å². The van der Waals surface area contributed by atoms with Gasteiger partial charge in [0.2, 0.25) is 0 Å². The molecule has 0 aromatic heterocycles. The van der Waals surface area contributed by atoms with Crippen LogP contribution in [0.3, 0.4) is 0 Å². The van der Waals surface area contributed by atoms with E-state index in [-0.39, 0.29) is 5.84 Å². The lowest BCUT2D eigenvalue weighted by molar-refractivity contribution is 1.43. The van der Waals surface area contributed by atoms with Crippen LogP contribution in [0.15, 0.2) is 40.9 Å². The fourth-order valence-electron chi connectivity index (χ4n) is 0.692. The number of hydrogen-bond donors (Lipinski definition) is 1. The Morgan fingerprint density at radius 3 is 2.69 bits per heavy atom. The molecule has 2 nitrogen and oxygen atoms in total. The summed E-state index contributed by atoms with van der Waals surface area (Å²) in [5.41, 5.74) is 0.772. The molecule has 70 valence electrons. The van der Waals surface area contributed by atoms with E-state index in [1.807, 2.05) is 37.3 Å². The Balaban J connectivity index is 4.30. The number of alkyl halides is 1. The molecule has 0 aromatic rings. The molecule has 0 aliphatic carbocycles. The Morgan fingerprint density at radius 2 is 2.23 bits per heavy atom. The average molecular weight is 241 g/mol. The van der Waals surface area contributed by atoms with Gasteiger partial charge in [0.1, 0.15) is 0 Å². The Labute approximate surface area is 87.4 Å². The van der Waals surface area contributed by atoms with Crippen molar-refractivity contribution in [2.45, 2.75) is 6.92 Å². The van der Waals surface area contributed by atoms with E-state index >= 15 is 0 Å². The fraction of sp³-hybridized carbons (Fsp3) is 0.200. The molecule has 0 unspecified atom stereocenters. The van der Waals surface area contributed by atoms with Crippen LogP contribution in [0.1, 0.15) is 6.92 Å². The molecule has 13 heavy (non-hydrogen) atoms. The first-order chi connectivity index (χ1) is 6.26. The van der Waals surface area contributed by atoms with Crippen LogP contribution >= 0.6 is 15.9 Å². The van der Waals surface area contributed by atoms with Gasteiger partial charge < -0.3 is 0 Å². The van der Waals surface area contributed by atoms with Crippen LogP contribution in [0.2, 0.25) is 0 Å². The van der Waals surface area contributed by atoms with Crippen LogP contribution in [-0.4, -0.2) is 17.9 Å². The molecular formula is C10H13BrN2. The molecule has 0 saturated heterocycles. The molecular weight excluding hydrogens is 228 g/mol. The third kappa shape index (κ3) is 5.31. The highest BCUT2D eigenvalue weighted by molar-refractivity contribution is 9.09. The third-order valence-corrected chi connectivity index (χ3v) is 1.73. The van der Waals surface area contributed by atoms with E-state index in [0.717, 1.165) is 10.9 Å². The predicted molar refractivity (Wildman–Crippen MR) is 63.1 cm³/mol. The van der Waals surface area contributed by atoms with Gasteiger partial charge in [-0.3, -0.25) is 5.41 Å². The number of amidine groups is 1. The molecule has 0 rings (SSSR count). The van der Waals surface area contributed by atoms with Crippen molar-refractivity contribution in [2.24, 2.45) is 4.99 Å². The Kier molecular flexibility index (Phi) is 7.11. The van der Waals surface area contributed by atoms with Crippen molar-refractivity contribution in [3.05, 3.63) is 36.0 Å². The molecule has 0 aliphatic rings. The number of nitrogens with one attached hydrogen (secondary N) is 1. The second-order valence-corrected chi connectivity index (χ2v) is 2.84. The van der Waals surface area contributed by atoms with Crippen molar-refractivity contribution < 1.29 is 0 Å². The summed E-state index contributed by atoms with van der Waals surface area (Å²) in [5.74, 6) is 0.200. The van der Waals surface area contributed by atoms with Crippen molar-refractivity contribution >= 4 is 28.5 Å². The van der Waals surface area contributed by atoms with Crippen molar-refractivity contribution in [3.8, 4) is 0 Å². The van der Waals surface area contributed by atoms with Crippen LogP contribution < -0.4 is 0 Å². The summed E-state index contributed by atoms with van der Waals surface area (Å²) in [4.78, 5) is 3.54. The van der Waals surface area contributed by atoms with E-state index in [2.05, 4.69) is 27.6 Å². The Bertz CT molecular complexity index is 262. The standard InChI is InChI=1S/C10H13BrN2/c1-3-9(10(12)13-2)7-5-4-6-8-11/h3-7,12H,2,8H2,1H3/b6-4+,7-5-,9-3+,12-10?. The Morgan fingerprint density at radius 1 is 1.54 bits per heavy atom. The molecule has 0 aliphatic heterocycles. The minimum atomic E-state index is 0.200. The van der Waals surface area contributed by atoms with E-state index in [4.69, 9.17) is 5.41 Å². The molecule has 0 heterocycles. The van der Waals surface area contributed by atoms with Crippen LogP contribution in [0.5, 0.6) is 0 Å². The summed E-state index contributed by atoms with van der Waals surface area (Å²) in [5, 5.41) is 8.23. The molecule has 0 fully saturated rings. The summed E-state index contributed by atoms with van der Waals surface area (Å²) in [6, 6.07) is 0. The maximum absolute atomic E-state index is 7.39. The minimum absolute atomic E-state index is 0.200. The summed E-state index contributed by atoms with van der Waals surface area (Å²) in [7, 11) is 0. The molecule has 0 radical (unpaired) electrons. The molecule has 1 N–H and O–H groups in total. The number of allylic oxidation sites excluding steroid dienone is 4. The van der Waals surface area contributed by atoms with Crippen molar-refractivity contribution in [1.29, 1.82) is 5.41 Å². The number of aliphatic imine (C=N–C) groups is 1. The zero-order chi connectivity index (χ0) is 10.1. The number of hydrogen-bond acceptors (Lipinski definition) is 1. The molecule has 0 spiro atoms. The Hall–Kier alpha value is -0.960. The van der Waals surface area contributed by atoms with Crippen molar-refractivity contribution in [1.82, 2.24) is 0 Å². The van der Waals surface area contributed by atoms with Gasteiger partial charge in [-0.2, -0.15) is 0 Å². The predicted octanol–water partition coefficient (Wildman–Crippen LogP) is 3.12. The number of nitrogens with zero attached hydrogens (tertiary/aromatic N) is 1. The highest BCUT2D eigenvalue weighted by atomic mass is 79.9. The highest BCUT2D eigenvalue weighted by Gasteiger charge is 1.94. The van der Waals surface area contributed by atoms with E-state index in [1.165, 1.54) is 0 Å². The molecule has 0 saturated carbocycles. The first-order valence-corrected chi connectivity index (χ1v) is 4.99. The normalized spacial score (nSPS) is 12.6. The molecule has 0 amide bonds. The lowest BCUT2D eigenvalue weighted by atomic mass is 10.2. The van der Waals surface area contributed by atoms with Gasteiger partial charge in [0, 0.05) is 10.9 Å². The maximum Gasteiger partial charge on any atom is 0.150 e. The van der Waals surface area contributed by atoms with E-state index in [0.29, 0.717) is 0 Å². The average Bonchev–Trinajstić information content (AvgIpc) is 2.17. The second-order valence-electron chi connectivity index (χ2n) is 2.19. The van der Waals surface area contributed by atoms with Gasteiger partial charge in [0.15, 0.2) is 5.84 Å². The van der Waals surface area contributed by atoms with Gasteiger partial charge in [-0.15, -0.1) is 0 Å². The van der Waals surface area contributed by atoms with E-state index in [1.54, 1.807) is 0 Å². The van der Waals surface area contributed by atoms with Crippen molar-refractivity contribution in [2.75, 3.05) is 5.33 Å². The van der Waals surface area contributed by atoms with E-state index < -0.39 is 0 Å². The maximum atomic E-state index is 7.39. The number of halogens is 1. The first kappa shape index (κ1) is 12.0.